The maximum absolute atomic E-state index is 5.57. The summed E-state index contributed by atoms with van der Waals surface area (Å²) in [7, 11) is 0. The average Bonchev–Trinajstić information content (AvgIpc) is 2.92. The minimum Gasteiger partial charge on any atom is -0.486 e. The minimum atomic E-state index is 0.643. The van der Waals surface area contributed by atoms with Crippen molar-refractivity contribution in [3.05, 3.63) is 18.2 Å². The second-order valence-corrected chi connectivity index (χ2v) is 4.93. The Labute approximate surface area is 108 Å². The lowest BCUT2D eigenvalue weighted by molar-refractivity contribution is 0.171. The van der Waals surface area contributed by atoms with Crippen molar-refractivity contribution in [2.75, 3.05) is 38.2 Å². The van der Waals surface area contributed by atoms with Crippen LogP contribution in [-0.2, 0) is 0 Å². The summed E-state index contributed by atoms with van der Waals surface area (Å²) in [5.41, 5.74) is 1.12. The van der Waals surface area contributed by atoms with E-state index in [2.05, 4.69) is 16.7 Å². The van der Waals surface area contributed by atoms with Crippen LogP contribution in [0.2, 0.25) is 0 Å². The monoisotopic (exact) mass is 248 g/mol. The van der Waals surface area contributed by atoms with Crippen molar-refractivity contribution < 1.29 is 9.47 Å². The van der Waals surface area contributed by atoms with Crippen LogP contribution in [0, 0.1) is 5.92 Å². The van der Waals surface area contributed by atoms with Gasteiger partial charge in [-0.1, -0.05) is 0 Å². The number of hydrogen-bond donors (Lipinski definition) is 2. The first-order chi connectivity index (χ1) is 8.92. The van der Waals surface area contributed by atoms with Crippen molar-refractivity contribution in [3.8, 4) is 11.5 Å². The Hall–Kier alpha value is -1.42. The molecule has 1 fully saturated rings. The molecule has 1 aromatic rings. The third kappa shape index (κ3) is 2.70. The van der Waals surface area contributed by atoms with Crippen LogP contribution >= 0.6 is 0 Å². The summed E-state index contributed by atoms with van der Waals surface area (Å²) in [6.45, 7) is 4.65. The first-order valence-electron chi connectivity index (χ1n) is 6.76. The third-order valence-corrected chi connectivity index (χ3v) is 3.59. The Kier molecular flexibility index (Phi) is 3.55. The van der Waals surface area contributed by atoms with Crippen LogP contribution in [0.4, 0.5) is 5.69 Å². The van der Waals surface area contributed by atoms with Crippen molar-refractivity contribution in [2.24, 2.45) is 5.92 Å². The highest BCUT2D eigenvalue weighted by molar-refractivity contribution is 5.55. The summed E-state index contributed by atoms with van der Waals surface area (Å²) in [6, 6.07) is 6.07. The summed E-state index contributed by atoms with van der Waals surface area (Å²) in [5.74, 6) is 2.54. The van der Waals surface area contributed by atoms with E-state index >= 15 is 0 Å². The molecular weight excluding hydrogens is 228 g/mol. The molecule has 18 heavy (non-hydrogen) atoms. The number of benzene rings is 1. The molecule has 0 radical (unpaired) electrons. The number of anilines is 1. The fourth-order valence-corrected chi connectivity index (χ4v) is 2.53. The smallest absolute Gasteiger partial charge is 0.163 e. The molecule has 98 valence electrons. The van der Waals surface area contributed by atoms with E-state index in [1.807, 2.05) is 12.1 Å². The summed E-state index contributed by atoms with van der Waals surface area (Å²) in [6.07, 6.45) is 2.53. The SMILES string of the molecule is c1cc2c(cc1NCCC1CCNC1)OCCO2. The number of rotatable bonds is 4. The highest BCUT2D eigenvalue weighted by Crippen LogP contribution is 2.32. The van der Waals surface area contributed by atoms with E-state index in [0.717, 1.165) is 29.6 Å². The van der Waals surface area contributed by atoms with Gasteiger partial charge in [-0.25, -0.2) is 0 Å². The summed E-state index contributed by atoms with van der Waals surface area (Å²) in [4.78, 5) is 0. The Morgan fingerprint density at radius 2 is 2.11 bits per heavy atom. The van der Waals surface area contributed by atoms with Gasteiger partial charge in [0.25, 0.3) is 0 Å². The second kappa shape index (κ2) is 5.48. The van der Waals surface area contributed by atoms with Crippen molar-refractivity contribution in [1.82, 2.24) is 5.32 Å². The van der Waals surface area contributed by atoms with Crippen molar-refractivity contribution in [2.45, 2.75) is 12.8 Å². The van der Waals surface area contributed by atoms with Crippen LogP contribution in [0.5, 0.6) is 11.5 Å². The molecule has 1 saturated heterocycles. The molecule has 4 heteroatoms. The molecule has 0 saturated carbocycles. The summed E-state index contributed by atoms with van der Waals surface area (Å²) < 4.78 is 11.1. The van der Waals surface area contributed by atoms with E-state index in [1.54, 1.807) is 0 Å². The fraction of sp³-hybridized carbons (Fsp3) is 0.571. The largest absolute Gasteiger partial charge is 0.486 e. The molecule has 4 nitrogen and oxygen atoms in total. The van der Waals surface area contributed by atoms with Gasteiger partial charge in [0, 0.05) is 18.3 Å². The molecule has 1 atom stereocenters. The van der Waals surface area contributed by atoms with Crippen LogP contribution in [0.25, 0.3) is 0 Å². The second-order valence-electron chi connectivity index (χ2n) is 4.93. The van der Waals surface area contributed by atoms with Crippen LogP contribution < -0.4 is 20.1 Å². The van der Waals surface area contributed by atoms with Crippen LogP contribution in [0.15, 0.2) is 18.2 Å². The van der Waals surface area contributed by atoms with E-state index in [4.69, 9.17) is 9.47 Å². The zero-order valence-electron chi connectivity index (χ0n) is 10.6. The van der Waals surface area contributed by atoms with Crippen LogP contribution in [0.3, 0.4) is 0 Å². The fourth-order valence-electron chi connectivity index (χ4n) is 2.53. The number of nitrogens with one attached hydrogen (secondary N) is 2. The third-order valence-electron chi connectivity index (χ3n) is 3.59. The van der Waals surface area contributed by atoms with Gasteiger partial charge in [-0.2, -0.15) is 0 Å². The Morgan fingerprint density at radius 3 is 2.94 bits per heavy atom. The molecule has 0 aromatic heterocycles. The first-order valence-corrected chi connectivity index (χ1v) is 6.76. The van der Waals surface area contributed by atoms with Gasteiger partial charge < -0.3 is 20.1 Å². The van der Waals surface area contributed by atoms with Gasteiger partial charge in [-0.15, -0.1) is 0 Å². The highest BCUT2D eigenvalue weighted by atomic mass is 16.6. The van der Waals surface area contributed by atoms with E-state index < -0.39 is 0 Å². The van der Waals surface area contributed by atoms with E-state index in [9.17, 15) is 0 Å². The molecule has 0 spiro atoms. The summed E-state index contributed by atoms with van der Waals surface area (Å²) in [5, 5.41) is 6.86. The van der Waals surface area contributed by atoms with E-state index in [1.165, 1.54) is 25.9 Å². The normalized spacial score (nSPS) is 21.9. The molecule has 2 heterocycles. The molecule has 0 aliphatic carbocycles. The lowest BCUT2D eigenvalue weighted by Gasteiger charge is -2.19. The molecule has 2 N–H and O–H groups in total. The molecule has 2 aliphatic rings. The Morgan fingerprint density at radius 1 is 1.22 bits per heavy atom. The average molecular weight is 248 g/mol. The van der Waals surface area contributed by atoms with Gasteiger partial charge in [0.1, 0.15) is 13.2 Å². The Bertz CT molecular complexity index is 403. The minimum absolute atomic E-state index is 0.643. The topological polar surface area (TPSA) is 42.5 Å². The van der Waals surface area contributed by atoms with Gasteiger partial charge in [-0.3, -0.25) is 0 Å². The lowest BCUT2D eigenvalue weighted by Crippen LogP contribution is -2.16. The molecule has 3 rings (SSSR count). The van der Waals surface area contributed by atoms with Crippen LogP contribution in [-0.4, -0.2) is 32.8 Å². The quantitative estimate of drug-likeness (QED) is 0.853. The zero-order chi connectivity index (χ0) is 12.2. The van der Waals surface area contributed by atoms with E-state index in [0.29, 0.717) is 13.2 Å². The predicted octanol–water partition coefficient (Wildman–Crippen LogP) is 1.87. The number of hydrogen-bond acceptors (Lipinski definition) is 4. The lowest BCUT2D eigenvalue weighted by atomic mass is 10.1. The maximum atomic E-state index is 5.57. The van der Waals surface area contributed by atoms with Crippen molar-refractivity contribution in [3.63, 3.8) is 0 Å². The Balaban J connectivity index is 1.52. The maximum Gasteiger partial charge on any atom is 0.163 e. The first kappa shape index (κ1) is 11.7. The predicted molar refractivity (Wildman–Crippen MR) is 71.5 cm³/mol. The van der Waals surface area contributed by atoms with Crippen molar-refractivity contribution >= 4 is 5.69 Å². The number of fused-ring (bicyclic) bond motifs is 1. The highest BCUT2D eigenvalue weighted by Gasteiger charge is 2.14. The molecular formula is C14H20N2O2. The van der Waals surface area contributed by atoms with Crippen LogP contribution in [0.1, 0.15) is 12.8 Å². The van der Waals surface area contributed by atoms with Gasteiger partial charge in [0.2, 0.25) is 0 Å². The summed E-state index contributed by atoms with van der Waals surface area (Å²) >= 11 is 0. The van der Waals surface area contributed by atoms with Gasteiger partial charge in [0.05, 0.1) is 0 Å². The standard InChI is InChI=1S/C14H20N2O2/c1-2-13-14(18-8-7-17-13)9-12(1)16-6-4-11-3-5-15-10-11/h1-2,9,11,15-16H,3-8,10H2. The van der Waals surface area contributed by atoms with Gasteiger partial charge in [-0.05, 0) is 44.0 Å². The molecule has 0 bridgehead atoms. The molecule has 1 aromatic carbocycles. The van der Waals surface area contributed by atoms with Crippen molar-refractivity contribution in [1.29, 1.82) is 0 Å². The number of ether oxygens (including phenoxy) is 2. The van der Waals surface area contributed by atoms with Gasteiger partial charge in [0.15, 0.2) is 11.5 Å². The molecule has 0 amide bonds. The molecule has 1 unspecified atom stereocenters. The molecule has 2 aliphatic heterocycles. The van der Waals surface area contributed by atoms with E-state index in [-0.39, 0.29) is 0 Å². The van der Waals surface area contributed by atoms with Gasteiger partial charge >= 0.3 is 0 Å². The zero-order valence-corrected chi connectivity index (χ0v) is 10.6.